The van der Waals surface area contributed by atoms with Gasteiger partial charge in [0.05, 0.1) is 7.11 Å². The van der Waals surface area contributed by atoms with Gasteiger partial charge in [-0.3, -0.25) is 0 Å². The van der Waals surface area contributed by atoms with Crippen LogP contribution in [0.3, 0.4) is 0 Å². The topological polar surface area (TPSA) is 74.8 Å². The Labute approximate surface area is 136 Å². The fraction of sp³-hybridized carbons (Fsp3) is 0.769. The van der Waals surface area contributed by atoms with Crippen LogP contribution in [0.5, 0.6) is 5.88 Å². The maximum atomic E-state index is 12.2. The van der Waals surface area contributed by atoms with Crippen molar-refractivity contribution in [3.05, 3.63) is 6.07 Å². The van der Waals surface area contributed by atoms with Crippen molar-refractivity contribution in [3.63, 3.8) is 0 Å². The number of nitrogens with one attached hydrogen (secondary N) is 1. The minimum Gasteiger partial charge on any atom is -0.480 e. The lowest BCUT2D eigenvalue weighted by Gasteiger charge is -2.32. The molecule has 1 aliphatic heterocycles. The molecule has 1 atom stereocenters. The quantitative estimate of drug-likeness (QED) is 0.771. The molecule has 1 aliphatic rings. The third kappa shape index (κ3) is 4.88. The van der Waals surface area contributed by atoms with E-state index in [1.54, 1.807) is 0 Å². The van der Waals surface area contributed by atoms with Gasteiger partial charge in [0, 0.05) is 38.3 Å². The highest BCUT2D eigenvalue weighted by molar-refractivity contribution is 7.91. The highest BCUT2D eigenvalue weighted by Crippen LogP contribution is 2.21. The number of piperazine rings is 1. The van der Waals surface area contributed by atoms with Gasteiger partial charge in [-0.25, -0.2) is 13.1 Å². The van der Waals surface area contributed by atoms with Gasteiger partial charge in [-0.15, -0.1) is 0 Å². The summed E-state index contributed by atoms with van der Waals surface area (Å²) in [4.78, 5) is 4.68. The van der Waals surface area contributed by atoms with Crippen LogP contribution in [0.4, 0.5) is 0 Å². The number of methoxy groups -OCH3 is 1. The second-order valence-corrected chi connectivity index (χ2v) is 8.39. The first-order valence-electron chi connectivity index (χ1n) is 7.34. The zero-order chi connectivity index (χ0) is 16.2. The van der Waals surface area contributed by atoms with E-state index in [0.29, 0.717) is 5.88 Å². The molecular formula is C13H24N4O3S2. The Hall–Kier alpha value is -0.740. The minimum absolute atomic E-state index is 0.113. The standard InChI is InChI=1S/C13H24N4O3S2/c1-11(4-5-17-8-6-16(2)7-9-17)15-22(18,19)13-10-12(20-3)14-21-13/h10-11,15H,4-9H2,1-3H3. The Balaban J connectivity index is 1.81. The number of hydrogen-bond donors (Lipinski definition) is 1. The summed E-state index contributed by atoms with van der Waals surface area (Å²) in [6.45, 7) is 7.03. The molecule has 0 spiro atoms. The normalized spacial score (nSPS) is 19.2. The molecule has 0 radical (unpaired) electrons. The van der Waals surface area contributed by atoms with E-state index in [0.717, 1.165) is 50.7 Å². The Morgan fingerprint density at radius 2 is 2.09 bits per heavy atom. The summed E-state index contributed by atoms with van der Waals surface area (Å²) in [5.74, 6) is 0.329. The van der Waals surface area contributed by atoms with Gasteiger partial charge in [-0.05, 0) is 38.5 Å². The molecular weight excluding hydrogens is 324 g/mol. The summed E-state index contributed by atoms with van der Waals surface area (Å²) < 4.78 is 36.2. The number of hydrogen-bond acceptors (Lipinski definition) is 7. The SMILES string of the molecule is COc1cc(S(=O)(=O)NC(C)CCN2CCN(C)CC2)sn1. The minimum atomic E-state index is -3.51. The Morgan fingerprint density at radius 1 is 1.41 bits per heavy atom. The molecule has 1 N–H and O–H groups in total. The number of aromatic nitrogens is 1. The van der Waals surface area contributed by atoms with Crippen molar-refractivity contribution in [1.82, 2.24) is 18.9 Å². The number of rotatable bonds is 7. The van der Waals surface area contributed by atoms with Gasteiger partial charge in [0.2, 0.25) is 5.88 Å². The molecule has 0 amide bonds. The van der Waals surface area contributed by atoms with Crippen LogP contribution in [0.25, 0.3) is 0 Å². The van der Waals surface area contributed by atoms with Crippen LogP contribution in [-0.4, -0.2) is 75.5 Å². The number of likely N-dealkylation sites (N-methyl/N-ethyl adjacent to an activating group) is 1. The van der Waals surface area contributed by atoms with Crippen LogP contribution in [0.1, 0.15) is 13.3 Å². The molecule has 2 rings (SSSR count). The Kier molecular flexibility index (Phi) is 6.16. The largest absolute Gasteiger partial charge is 0.480 e. The summed E-state index contributed by atoms with van der Waals surface area (Å²) in [5, 5.41) is 0. The lowest BCUT2D eigenvalue weighted by Crippen LogP contribution is -2.46. The first-order valence-corrected chi connectivity index (χ1v) is 9.60. The first-order chi connectivity index (χ1) is 10.4. The summed E-state index contributed by atoms with van der Waals surface area (Å²) in [6, 6.07) is 1.33. The van der Waals surface area contributed by atoms with E-state index in [-0.39, 0.29) is 10.3 Å². The van der Waals surface area contributed by atoms with Crippen LogP contribution in [0.2, 0.25) is 0 Å². The van der Waals surface area contributed by atoms with Gasteiger partial charge in [-0.1, -0.05) is 0 Å². The molecule has 1 saturated heterocycles. The van der Waals surface area contributed by atoms with E-state index < -0.39 is 10.0 Å². The smallest absolute Gasteiger partial charge is 0.252 e. The van der Waals surface area contributed by atoms with E-state index in [1.807, 2.05) is 6.92 Å². The molecule has 1 aromatic heterocycles. The first kappa shape index (κ1) is 17.6. The average molecular weight is 348 g/mol. The second-order valence-electron chi connectivity index (χ2n) is 5.64. The zero-order valence-corrected chi connectivity index (χ0v) is 14.9. The van der Waals surface area contributed by atoms with Crippen LogP contribution in [0, 0.1) is 0 Å². The lowest BCUT2D eigenvalue weighted by atomic mass is 10.2. The van der Waals surface area contributed by atoms with Gasteiger partial charge >= 0.3 is 0 Å². The Bertz CT molecular complexity index is 568. The number of nitrogens with zero attached hydrogens (tertiary/aromatic N) is 3. The van der Waals surface area contributed by atoms with Gasteiger partial charge in [0.25, 0.3) is 10.0 Å². The van der Waals surface area contributed by atoms with E-state index >= 15 is 0 Å². The summed E-state index contributed by atoms with van der Waals surface area (Å²) in [5.41, 5.74) is 0. The van der Waals surface area contributed by atoms with Crippen molar-refractivity contribution in [2.75, 3.05) is 46.9 Å². The van der Waals surface area contributed by atoms with Gasteiger partial charge in [0.15, 0.2) is 4.21 Å². The van der Waals surface area contributed by atoms with Gasteiger partial charge < -0.3 is 14.5 Å². The predicted molar refractivity (Wildman–Crippen MR) is 87.0 cm³/mol. The maximum absolute atomic E-state index is 12.2. The van der Waals surface area contributed by atoms with Gasteiger partial charge in [0.1, 0.15) is 0 Å². The molecule has 22 heavy (non-hydrogen) atoms. The van der Waals surface area contributed by atoms with Crippen molar-refractivity contribution in [1.29, 1.82) is 0 Å². The van der Waals surface area contributed by atoms with Crippen molar-refractivity contribution in [2.24, 2.45) is 0 Å². The fourth-order valence-corrected chi connectivity index (χ4v) is 4.42. The third-order valence-corrected chi connectivity index (χ3v) is 6.58. The molecule has 0 saturated carbocycles. The molecule has 1 aromatic rings. The summed E-state index contributed by atoms with van der Waals surface area (Å²) >= 11 is 0.928. The number of ether oxygens (including phenoxy) is 1. The summed E-state index contributed by atoms with van der Waals surface area (Å²) in [7, 11) is 0.0810. The molecule has 126 valence electrons. The third-order valence-electron chi connectivity index (χ3n) is 3.77. The summed E-state index contributed by atoms with van der Waals surface area (Å²) in [6.07, 6.45) is 0.791. The van der Waals surface area contributed by atoms with Crippen molar-refractivity contribution in [3.8, 4) is 5.88 Å². The van der Waals surface area contributed by atoms with E-state index in [2.05, 4.69) is 25.9 Å². The van der Waals surface area contributed by atoms with Crippen LogP contribution >= 0.6 is 11.5 Å². The lowest BCUT2D eigenvalue weighted by molar-refractivity contribution is 0.150. The van der Waals surface area contributed by atoms with Crippen molar-refractivity contribution >= 4 is 21.6 Å². The monoisotopic (exact) mass is 348 g/mol. The van der Waals surface area contributed by atoms with Gasteiger partial charge in [-0.2, -0.15) is 4.37 Å². The fourth-order valence-electron chi connectivity index (χ4n) is 2.30. The highest BCUT2D eigenvalue weighted by Gasteiger charge is 2.22. The van der Waals surface area contributed by atoms with Crippen LogP contribution < -0.4 is 9.46 Å². The molecule has 1 unspecified atom stereocenters. The predicted octanol–water partition coefficient (Wildman–Crippen LogP) is 0.456. The van der Waals surface area contributed by atoms with Crippen molar-refractivity contribution < 1.29 is 13.2 Å². The molecule has 0 aliphatic carbocycles. The van der Waals surface area contributed by atoms with E-state index in [9.17, 15) is 8.42 Å². The van der Waals surface area contributed by atoms with E-state index in [1.165, 1.54) is 13.2 Å². The molecule has 2 heterocycles. The number of sulfonamides is 1. The Morgan fingerprint density at radius 3 is 2.68 bits per heavy atom. The molecule has 0 bridgehead atoms. The maximum Gasteiger partial charge on any atom is 0.252 e. The molecule has 9 heteroatoms. The second kappa shape index (κ2) is 7.69. The van der Waals surface area contributed by atoms with Crippen molar-refractivity contribution in [2.45, 2.75) is 23.6 Å². The van der Waals surface area contributed by atoms with Crippen LogP contribution in [0.15, 0.2) is 10.3 Å². The zero-order valence-electron chi connectivity index (χ0n) is 13.3. The molecule has 7 nitrogen and oxygen atoms in total. The highest BCUT2D eigenvalue weighted by atomic mass is 32.2. The molecule has 1 fully saturated rings. The van der Waals surface area contributed by atoms with Crippen LogP contribution in [-0.2, 0) is 10.0 Å². The van der Waals surface area contributed by atoms with E-state index in [4.69, 9.17) is 4.74 Å². The average Bonchev–Trinajstić information content (AvgIpc) is 2.96. The molecule has 0 aromatic carbocycles.